The Balaban J connectivity index is 0. The van der Waals surface area contributed by atoms with Gasteiger partial charge in [-0.1, -0.05) is 27.7 Å². The summed E-state index contributed by atoms with van der Waals surface area (Å²) in [5.41, 5.74) is 0.721. The van der Waals surface area contributed by atoms with E-state index in [0.717, 1.165) is 4.48 Å². The van der Waals surface area contributed by atoms with Crippen molar-refractivity contribution in [2.45, 2.75) is 79.3 Å². The lowest BCUT2D eigenvalue weighted by Gasteiger charge is -2.54. The Morgan fingerprint density at radius 2 is 0.933 bits per heavy atom. The average molecular weight is 216 g/mol. The highest BCUT2D eigenvalue weighted by atomic mass is 15.4. The SMILES string of the molecule is CC.CCC(C)(C)[N+](C)(C)C(C)(C)CC. The predicted octanol–water partition coefficient (Wildman–Crippen LogP) is 4.47. The molecule has 0 unspecified atom stereocenters. The van der Waals surface area contributed by atoms with E-state index in [-0.39, 0.29) is 0 Å². The number of nitrogens with zero attached hydrogens (tertiary/aromatic N) is 1. The van der Waals surface area contributed by atoms with Gasteiger partial charge in [0, 0.05) is 0 Å². The van der Waals surface area contributed by atoms with Gasteiger partial charge in [-0.15, -0.1) is 0 Å². The number of rotatable bonds is 4. The Hall–Kier alpha value is -0.0400. The molecule has 0 radical (unpaired) electrons. The molecule has 0 saturated carbocycles. The van der Waals surface area contributed by atoms with Gasteiger partial charge in [-0.25, -0.2) is 0 Å². The molecule has 0 saturated heterocycles. The highest BCUT2D eigenvalue weighted by molar-refractivity contribution is 4.76. The summed E-state index contributed by atoms with van der Waals surface area (Å²) in [7, 11) is 4.71. The highest BCUT2D eigenvalue weighted by Crippen LogP contribution is 2.35. The summed E-state index contributed by atoms with van der Waals surface area (Å²) in [6.07, 6.45) is 2.45. The Morgan fingerprint density at radius 1 is 0.733 bits per heavy atom. The molecule has 1 heteroatoms. The summed E-state index contributed by atoms with van der Waals surface area (Å²) in [6, 6.07) is 0. The smallest absolute Gasteiger partial charge is 0.0932 e. The van der Waals surface area contributed by atoms with Gasteiger partial charge in [-0.3, -0.25) is 0 Å². The molecule has 0 aromatic carbocycles. The molecule has 15 heavy (non-hydrogen) atoms. The Labute approximate surface area is 98.5 Å². The lowest BCUT2D eigenvalue weighted by molar-refractivity contribution is -0.981. The van der Waals surface area contributed by atoms with Gasteiger partial charge < -0.3 is 4.48 Å². The fourth-order valence-corrected chi connectivity index (χ4v) is 1.61. The fraction of sp³-hybridized carbons (Fsp3) is 1.00. The topological polar surface area (TPSA) is 0 Å². The van der Waals surface area contributed by atoms with Crippen molar-refractivity contribution in [3.8, 4) is 0 Å². The van der Waals surface area contributed by atoms with E-state index in [2.05, 4.69) is 55.6 Å². The quantitative estimate of drug-likeness (QED) is 0.608. The molecule has 0 rings (SSSR count). The molecule has 94 valence electrons. The van der Waals surface area contributed by atoms with Crippen molar-refractivity contribution < 1.29 is 4.48 Å². The van der Waals surface area contributed by atoms with Crippen LogP contribution in [0.3, 0.4) is 0 Å². The van der Waals surface area contributed by atoms with Crippen LogP contribution in [-0.4, -0.2) is 29.7 Å². The second-order valence-electron chi connectivity index (χ2n) is 5.79. The Bertz CT molecular complexity index is 148. The first kappa shape index (κ1) is 17.4. The van der Waals surface area contributed by atoms with E-state index < -0.39 is 0 Å². The average Bonchev–Trinajstić information content (AvgIpc) is 2.20. The Kier molecular flexibility index (Phi) is 6.81. The lowest BCUT2D eigenvalue weighted by atomic mass is 9.86. The zero-order valence-corrected chi connectivity index (χ0v) is 12.9. The van der Waals surface area contributed by atoms with E-state index in [9.17, 15) is 0 Å². The van der Waals surface area contributed by atoms with Crippen LogP contribution in [-0.2, 0) is 0 Å². The van der Waals surface area contributed by atoms with Crippen molar-refractivity contribution in [3.63, 3.8) is 0 Å². The summed E-state index contributed by atoms with van der Waals surface area (Å²) in [4.78, 5) is 0. The molecule has 0 heterocycles. The third-order valence-corrected chi connectivity index (χ3v) is 4.76. The van der Waals surface area contributed by atoms with E-state index in [1.54, 1.807) is 0 Å². The maximum absolute atomic E-state index is 2.37. The van der Waals surface area contributed by atoms with Crippen molar-refractivity contribution in [1.82, 2.24) is 0 Å². The molecule has 0 aromatic rings. The van der Waals surface area contributed by atoms with Crippen LogP contribution in [0.15, 0.2) is 0 Å². The first-order chi connectivity index (χ1) is 6.62. The molecule has 0 aliphatic carbocycles. The minimum Gasteiger partial charge on any atom is -0.320 e. The van der Waals surface area contributed by atoms with Crippen LogP contribution in [0.25, 0.3) is 0 Å². The number of hydrogen-bond donors (Lipinski definition) is 0. The van der Waals surface area contributed by atoms with Crippen LogP contribution in [0.5, 0.6) is 0 Å². The van der Waals surface area contributed by atoms with Gasteiger partial charge in [0.2, 0.25) is 0 Å². The zero-order chi connectivity index (χ0) is 12.9. The molecule has 0 N–H and O–H groups in total. The Morgan fingerprint density at radius 3 is 1.07 bits per heavy atom. The number of hydrogen-bond acceptors (Lipinski definition) is 0. The summed E-state index contributed by atoms with van der Waals surface area (Å²) in [5, 5.41) is 0. The normalized spacial score (nSPS) is 13.2. The van der Waals surface area contributed by atoms with Crippen LogP contribution in [0.4, 0.5) is 0 Å². The summed E-state index contributed by atoms with van der Waals surface area (Å²) < 4.78 is 1.09. The van der Waals surface area contributed by atoms with Crippen molar-refractivity contribution in [2.24, 2.45) is 0 Å². The maximum atomic E-state index is 2.37. The van der Waals surface area contributed by atoms with E-state index in [1.807, 2.05) is 13.8 Å². The molecule has 0 atom stereocenters. The van der Waals surface area contributed by atoms with Crippen LogP contribution in [0.1, 0.15) is 68.2 Å². The molecule has 0 aromatic heterocycles. The van der Waals surface area contributed by atoms with Gasteiger partial charge in [0.15, 0.2) is 0 Å². The molecule has 0 bridgehead atoms. The van der Waals surface area contributed by atoms with Crippen molar-refractivity contribution >= 4 is 0 Å². The maximum Gasteiger partial charge on any atom is 0.0932 e. The molecular weight excluding hydrogens is 182 g/mol. The van der Waals surface area contributed by atoms with Gasteiger partial charge in [-0.05, 0) is 40.5 Å². The third-order valence-electron chi connectivity index (χ3n) is 4.76. The molecular formula is C14H34N+. The first-order valence-corrected chi connectivity index (χ1v) is 6.46. The van der Waals surface area contributed by atoms with Crippen molar-refractivity contribution in [1.29, 1.82) is 0 Å². The van der Waals surface area contributed by atoms with E-state index in [4.69, 9.17) is 0 Å². The minimum absolute atomic E-state index is 0.361. The standard InChI is InChI=1S/C12H28N.C2H6/c1-9-11(3,4)13(7,8)12(5,6)10-2;1-2/h9-10H2,1-8H3;1-2H3/q+1;. The summed E-state index contributed by atoms with van der Waals surface area (Å²) in [5.74, 6) is 0. The van der Waals surface area contributed by atoms with E-state index in [0.29, 0.717) is 11.1 Å². The van der Waals surface area contributed by atoms with E-state index >= 15 is 0 Å². The molecule has 1 nitrogen and oxygen atoms in total. The van der Waals surface area contributed by atoms with Gasteiger partial charge in [0.1, 0.15) is 0 Å². The third kappa shape index (κ3) is 3.48. The van der Waals surface area contributed by atoms with Gasteiger partial charge in [0.25, 0.3) is 0 Å². The molecule has 0 aliphatic heterocycles. The molecule has 0 fully saturated rings. The summed E-state index contributed by atoms with van der Waals surface area (Å²) in [6.45, 7) is 18.0. The second-order valence-corrected chi connectivity index (χ2v) is 5.79. The van der Waals surface area contributed by atoms with Crippen LogP contribution in [0.2, 0.25) is 0 Å². The zero-order valence-electron chi connectivity index (χ0n) is 12.9. The fourth-order valence-electron chi connectivity index (χ4n) is 1.61. The molecule has 0 spiro atoms. The van der Waals surface area contributed by atoms with Crippen LogP contribution in [0, 0.1) is 0 Å². The molecule has 0 aliphatic rings. The first-order valence-electron chi connectivity index (χ1n) is 6.46. The van der Waals surface area contributed by atoms with Crippen LogP contribution < -0.4 is 0 Å². The number of quaternary nitrogens is 1. The minimum atomic E-state index is 0.361. The van der Waals surface area contributed by atoms with Crippen molar-refractivity contribution in [3.05, 3.63) is 0 Å². The van der Waals surface area contributed by atoms with Gasteiger partial charge >= 0.3 is 0 Å². The largest absolute Gasteiger partial charge is 0.320 e. The summed E-state index contributed by atoms with van der Waals surface area (Å²) >= 11 is 0. The van der Waals surface area contributed by atoms with Gasteiger partial charge in [0.05, 0.1) is 25.2 Å². The molecule has 0 amide bonds. The second kappa shape index (κ2) is 5.89. The van der Waals surface area contributed by atoms with Gasteiger partial charge in [-0.2, -0.15) is 0 Å². The predicted molar refractivity (Wildman–Crippen MR) is 72.2 cm³/mol. The monoisotopic (exact) mass is 216 g/mol. The van der Waals surface area contributed by atoms with Crippen LogP contribution >= 0.6 is 0 Å². The van der Waals surface area contributed by atoms with E-state index in [1.165, 1.54) is 12.8 Å². The highest BCUT2D eigenvalue weighted by Gasteiger charge is 2.45. The van der Waals surface area contributed by atoms with Crippen molar-refractivity contribution in [2.75, 3.05) is 14.1 Å². The lowest BCUT2D eigenvalue weighted by Crippen LogP contribution is -2.66.